The topological polar surface area (TPSA) is 99.5 Å². The number of methoxy groups -OCH3 is 1. The van der Waals surface area contributed by atoms with E-state index in [1.54, 1.807) is 17.0 Å². The molecule has 0 radical (unpaired) electrons. The average molecular weight is 413 g/mol. The van der Waals surface area contributed by atoms with E-state index < -0.39 is 10.0 Å². The van der Waals surface area contributed by atoms with Gasteiger partial charge < -0.3 is 9.64 Å². The third-order valence-corrected chi connectivity index (χ3v) is 5.63. The zero-order valence-corrected chi connectivity index (χ0v) is 17.2. The molecular formula is C21H23N3O4S. The van der Waals surface area contributed by atoms with Crippen LogP contribution in [0.25, 0.3) is 0 Å². The SMILES string of the molecule is COc1ccc(NS(C)(=O)=O)cc1C(=O)N1CCC(c2ccc(C#N)cc2)CC1. The van der Waals surface area contributed by atoms with Crippen molar-refractivity contribution in [2.24, 2.45) is 0 Å². The van der Waals surface area contributed by atoms with Crippen molar-refractivity contribution in [3.05, 3.63) is 59.2 Å². The summed E-state index contributed by atoms with van der Waals surface area (Å²) in [7, 11) is -1.96. The summed E-state index contributed by atoms with van der Waals surface area (Å²) in [6, 6.07) is 14.4. The Morgan fingerprint density at radius 2 is 1.83 bits per heavy atom. The van der Waals surface area contributed by atoms with Gasteiger partial charge in [0.1, 0.15) is 5.75 Å². The third kappa shape index (κ3) is 5.06. The number of amides is 1. The number of hydrogen-bond donors (Lipinski definition) is 1. The first-order valence-corrected chi connectivity index (χ1v) is 11.1. The number of carbonyl (C=O) groups is 1. The van der Waals surface area contributed by atoms with E-state index >= 15 is 0 Å². The lowest BCUT2D eigenvalue weighted by atomic mass is 9.89. The molecule has 1 N–H and O–H groups in total. The summed E-state index contributed by atoms with van der Waals surface area (Å²) >= 11 is 0. The van der Waals surface area contributed by atoms with Crippen LogP contribution in [0.1, 0.15) is 40.2 Å². The van der Waals surface area contributed by atoms with Crippen molar-refractivity contribution in [2.45, 2.75) is 18.8 Å². The third-order valence-electron chi connectivity index (χ3n) is 5.03. The Bertz CT molecular complexity index is 1030. The lowest BCUT2D eigenvalue weighted by Gasteiger charge is -2.32. The molecule has 1 heterocycles. The van der Waals surface area contributed by atoms with E-state index in [4.69, 9.17) is 10.00 Å². The predicted octanol–water partition coefficient (Wildman–Crippen LogP) is 2.96. The molecule has 1 saturated heterocycles. The molecule has 0 unspecified atom stereocenters. The smallest absolute Gasteiger partial charge is 0.257 e. The number of nitriles is 1. The number of ether oxygens (including phenoxy) is 1. The molecule has 1 aliphatic heterocycles. The van der Waals surface area contributed by atoms with Crippen LogP contribution in [0.5, 0.6) is 5.75 Å². The zero-order chi connectivity index (χ0) is 21.0. The number of sulfonamides is 1. The molecule has 1 amide bonds. The van der Waals surface area contributed by atoms with Crippen LogP contribution in [0.3, 0.4) is 0 Å². The van der Waals surface area contributed by atoms with E-state index in [0.29, 0.717) is 41.6 Å². The van der Waals surface area contributed by atoms with Crippen LogP contribution < -0.4 is 9.46 Å². The van der Waals surface area contributed by atoms with Gasteiger partial charge >= 0.3 is 0 Å². The van der Waals surface area contributed by atoms with Gasteiger partial charge in [-0.25, -0.2) is 8.42 Å². The molecule has 152 valence electrons. The fraction of sp³-hybridized carbons (Fsp3) is 0.333. The van der Waals surface area contributed by atoms with Crippen molar-refractivity contribution in [1.29, 1.82) is 5.26 Å². The number of piperidine rings is 1. The van der Waals surface area contributed by atoms with Gasteiger partial charge in [0, 0.05) is 18.8 Å². The Balaban J connectivity index is 1.72. The van der Waals surface area contributed by atoms with E-state index in [-0.39, 0.29) is 5.91 Å². The molecule has 3 rings (SSSR count). The van der Waals surface area contributed by atoms with E-state index in [1.807, 2.05) is 24.3 Å². The van der Waals surface area contributed by atoms with Crippen LogP contribution in [0.4, 0.5) is 5.69 Å². The van der Waals surface area contributed by atoms with Gasteiger partial charge in [0.15, 0.2) is 0 Å². The summed E-state index contributed by atoms with van der Waals surface area (Å²) in [4.78, 5) is 14.8. The van der Waals surface area contributed by atoms with Crippen LogP contribution in [0.2, 0.25) is 0 Å². The van der Waals surface area contributed by atoms with Gasteiger partial charge in [0.2, 0.25) is 10.0 Å². The second kappa shape index (κ2) is 8.53. The molecule has 1 fully saturated rings. The lowest BCUT2D eigenvalue weighted by Crippen LogP contribution is -2.38. The highest BCUT2D eigenvalue weighted by Crippen LogP contribution is 2.31. The van der Waals surface area contributed by atoms with Gasteiger partial charge in [0.05, 0.1) is 30.6 Å². The van der Waals surface area contributed by atoms with Gasteiger partial charge in [0.25, 0.3) is 5.91 Å². The molecule has 0 bridgehead atoms. The maximum Gasteiger partial charge on any atom is 0.257 e. The highest BCUT2D eigenvalue weighted by molar-refractivity contribution is 7.92. The molecule has 0 saturated carbocycles. The molecule has 0 aliphatic carbocycles. The summed E-state index contributed by atoms with van der Waals surface area (Å²) in [5, 5.41) is 8.93. The van der Waals surface area contributed by atoms with Crippen LogP contribution in [-0.2, 0) is 10.0 Å². The molecule has 0 atom stereocenters. The molecule has 1 aliphatic rings. The van der Waals surface area contributed by atoms with Crippen molar-refractivity contribution in [3.8, 4) is 11.8 Å². The van der Waals surface area contributed by atoms with Crippen LogP contribution in [0.15, 0.2) is 42.5 Å². The van der Waals surface area contributed by atoms with Crippen molar-refractivity contribution in [1.82, 2.24) is 4.90 Å². The van der Waals surface area contributed by atoms with E-state index in [9.17, 15) is 13.2 Å². The summed E-state index contributed by atoms with van der Waals surface area (Å²) in [6.07, 6.45) is 2.70. The standard InChI is InChI=1S/C21H23N3O4S/c1-28-20-8-7-18(23-29(2,26)27)13-19(20)21(25)24-11-9-17(10-12-24)16-5-3-15(14-22)4-6-16/h3-8,13,17,23H,9-12H2,1-2H3. The first kappa shape index (κ1) is 20.7. The number of nitrogens with zero attached hydrogens (tertiary/aromatic N) is 2. The Morgan fingerprint density at radius 3 is 2.38 bits per heavy atom. The highest BCUT2D eigenvalue weighted by atomic mass is 32.2. The highest BCUT2D eigenvalue weighted by Gasteiger charge is 2.26. The fourth-order valence-corrected chi connectivity index (χ4v) is 4.12. The van der Waals surface area contributed by atoms with E-state index in [2.05, 4.69) is 10.8 Å². The Hall–Kier alpha value is -3.05. The summed E-state index contributed by atoms with van der Waals surface area (Å²) in [5.74, 6) is 0.562. The lowest BCUT2D eigenvalue weighted by molar-refractivity contribution is 0.0709. The second-order valence-corrected chi connectivity index (χ2v) is 8.84. The first-order chi connectivity index (χ1) is 13.8. The largest absolute Gasteiger partial charge is 0.496 e. The van der Waals surface area contributed by atoms with Gasteiger partial charge in [-0.15, -0.1) is 0 Å². The van der Waals surface area contributed by atoms with E-state index in [0.717, 1.165) is 19.1 Å². The Labute approximate surface area is 171 Å². The monoisotopic (exact) mass is 413 g/mol. The first-order valence-electron chi connectivity index (χ1n) is 9.26. The molecular weight excluding hydrogens is 390 g/mol. The number of rotatable bonds is 5. The predicted molar refractivity (Wildman–Crippen MR) is 110 cm³/mol. The minimum absolute atomic E-state index is 0.183. The number of likely N-dealkylation sites (tertiary alicyclic amines) is 1. The summed E-state index contributed by atoms with van der Waals surface area (Å²) in [5.41, 5.74) is 2.46. The molecule has 2 aromatic carbocycles. The van der Waals surface area contributed by atoms with Crippen molar-refractivity contribution >= 4 is 21.6 Å². The van der Waals surface area contributed by atoms with Crippen molar-refractivity contribution in [2.75, 3.05) is 31.2 Å². The van der Waals surface area contributed by atoms with Gasteiger partial charge in [-0.1, -0.05) is 12.1 Å². The number of nitrogens with one attached hydrogen (secondary N) is 1. The average Bonchev–Trinajstić information content (AvgIpc) is 2.72. The Morgan fingerprint density at radius 1 is 1.17 bits per heavy atom. The molecule has 2 aromatic rings. The quantitative estimate of drug-likeness (QED) is 0.812. The normalized spacial score (nSPS) is 14.9. The van der Waals surface area contributed by atoms with Crippen LogP contribution in [0, 0.1) is 11.3 Å². The maximum atomic E-state index is 13.1. The van der Waals surface area contributed by atoms with Crippen molar-refractivity contribution < 1.29 is 17.9 Å². The molecule has 7 nitrogen and oxygen atoms in total. The van der Waals surface area contributed by atoms with Gasteiger partial charge in [-0.05, 0) is 54.7 Å². The summed E-state index contributed by atoms with van der Waals surface area (Å²) in [6.45, 7) is 1.19. The van der Waals surface area contributed by atoms with Crippen molar-refractivity contribution in [3.63, 3.8) is 0 Å². The zero-order valence-electron chi connectivity index (χ0n) is 16.4. The van der Waals surface area contributed by atoms with Crippen LogP contribution >= 0.6 is 0 Å². The van der Waals surface area contributed by atoms with E-state index in [1.165, 1.54) is 18.7 Å². The minimum Gasteiger partial charge on any atom is -0.496 e. The number of benzene rings is 2. The van der Waals surface area contributed by atoms with Gasteiger partial charge in [-0.3, -0.25) is 9.52 Å². The summed E-state index contributed by atoms with van der Waals surface area (Å²) < 4.78 is 30.7. The number of hydrogen-bond acceptors (Lipinski definition) is 5. The number of anilines is 1. The molecule has 8 heteroatoms. The maximum absolute atomic E-state index is 13.1. The van der Waals surface area contributed by atoms with Gasteiger partial charge in [-0.2, -0.15) is 5.26 Å². The molecule has 0 aromatic heterocycles. The molecule has 0 spiro atoms. The second-order valence-electron chi connectivity index (χ2n) is 7.09. The minimum atomic E-state index is -3.44. The van der Waals surface area contributed by atoms with Crippen LogP contribution in [-0.4, -0.2) is 45.7 Å². The molecule has 29 heavy (non-hydrogen) atoms. The number of carbonyl (C=O) groups excluding carboxylic acids is 1. The fourth-order valence-electron chi connectivity index (χ4n) is 3.57. The Kier molecular flexibility index (Phi) is 6.09.